The number of aryl methyl sites for hydroxylation is 1. The van der Waals surface area contributed by atoms with Gasteiger partial charge in [0.2, 0.25) is 5.91 Å². The van der Waals surface area contributed by atoms with E-state index in [2.05, 4.69) is 22.1 Å². The Morgan fingerprint density at radius 2 is 2.14 bits per heavy atom. The van der Waals surface area contributed by atoms with Crippen LogP contribution in [0.3, 0.4) is 0 Å². The predicted octanol–water partition coefficient (Wildman–Crippen LogP) is 0.900. The number of hydrogen-bond donors (Lipinski definition) is 2. The van der Waals surface area contributed by atoms with Crippen molar-refractivity contribution in [1.82, 2.24) is 14.9 Å². The third-order valence-electron chi connectivity index (χ3n) is 2.93. The van der Waals surface area contributed by atoms with Gasteiger partial charge in [0.25, 0.3) is 0 Å². The van der Waals surface area contributed by atoms with E-state index in [1.54, 1.807) is 12.5 Å². The third-order valence-corrected chi connectivity index (χ3v) is 2.93. The summed E-state index contributed by atoms with van der Waals surface area (Å²) in [6, 6.07) is 7.76. The summed E-state index contributed by atoms with van der Waals surface area (Å²) in [5.74, 6) is 5.79. The van der Waals surface area contributed by atoms with Gasteiger partial charge in [-0.15, -0.1) is 0 Å². The lowest BCUT2D eigenvalue weighted by Gasteiger charge is -2.06. The first kappa shape index (κ1) is 14.8. The Morgan fingerprint density at radius 1 is 1.33 bits per heavy atom. The Hall–Kier alpha value is -2.58. The minimum atomic E-state index is 0.0238. The SMILES string of the molecule is NCC#Cc1ccc(CNC(=O)CCn2ccnc2)cc1. The summed E-state index contributed by atoms with van der Waals surface area (Å²) in [4.78, 5) is 15.7. The van der Waals surface area contributed by atoms with Crippen LogP contribution >= 0.6 is 0 Å². The minimum absolute atomic E-state index is 0.0238. The molecule has 1 aromatic carbocycles. The van der Waals surface area contributed by atoms with Crippen LogP contribution in [-0.2, 0) is 17.9 Å². The first-order chi connectivity index (χ1) is 10.3. The summed E-state index contributed by atoms with van der Waals surface area (Å²) in [5, 5.41) is 2.90. The monoisotopic (exact) mass is 282 g/mol. The molecule has 0 bridgehead atoms. The lowest BCUT2D eigenvalue weighted by Crippen LogP contribution is -2.23. The molecular formula is C16H18N4O. The summed E-state index contributed by atoms with van der Waals surface area (Å²) < 4.78 is 1.88. The Morgan fingerprint density at radius 3 is 2.81 bits per heavy atom. The lowest BCUT2D eigenvalue weighted by molar-refractivity contribution is -0.121. The van der Waals surface area contributed by atoms with Crippen molar-refractivity contribution in [3.8, 4) is 11.8 Å². The molecule has 0 atom stereocenters. The van der Waals surface area contributed by atoms with Crippen LogP contribution in [-0.4, -0.2) is 22.0 Å². The maximum Gasteiger partial charge on any atom is 0.222 e. The van der Waals surface area contributed by atoms with E-state index in [0.717, 1.165) is 11.1 Å². The fourth-order valence-corrected chi connectivity index (χ4v) is 1.80. The molecule has 1 amide bonds. The Balaban J connectivity index is 1.75. The first-order valence-electron chi connectivity index (χ1n) is 6.78. The molecule has 21 heavy (non-hydrogen) atoms. The van der Waals surface area contributed by atoms with Crippen molar-refractivity contribution in [3.05, 3.63) is 54.1 Å². The van der Waals surface area contributed by atoms with E-state index in [1.165, 1.54) is 0 Å². The largest absolute Gasteiger partial charge is 0.352 e. The Labute approximate surface area is 124 Å². The number of benzene rings is 1. The molecule has 2 rings (SSSR count). The summed E-state index contributed by atoms with van der Waals surface area (Å²) in [6.45, 7) is 1.52. The molecule has 0 radical (unpaired) electrons. The van der Waals surface area contributed by atoms with Crippen molar-refractivity contribution in [3.63, 3.8) is 0 Å². The van der Waals surface area contributed by atoms with E-state index in [1.807, 2.05) is 35.0 Å². The standard InChI is InChI=1S/C16H18N4O/c17-8-1-2-14-3-5-15(6-4-14)12-19-16(21)7-10-20-11-9-18-13-20/h3-6,9,11,13H,7-8,10,12,17H2,(H,19,21). The van der Waals surface area contributed by atoms with E-state index in [-0.39, 0.29) is 5.91 Å². The number of carbonyl (C=O) groups excluding carboxylic acids is 1. The number of nitrogens with one attached hydrogen (secondary N) is 1. The second-order valence-electron chi connectivity index (χ2n) is 4.53. The first-order valence-corrected chi connectivity index (χ1v) is 6.78. The fraction of sp³-hybridized carbons (Fsp3) is 0.250. The zero-order valence-electron chi connectivity index (χ0n) is 11.7. The molecule has 0 saturated heterocycles. The zero-order valence-corrected chi connectivity index (χ0v) is 11.7. The second-order valence-corrected chi connectivity index (χ2v) is 4.53. The molecule has 5 nitrogen and oxygen atoms in total. The highest BCUT2D eigenvalue weighted by Crippen LogP contribution is 2.03. The normalized spacial score (nSPS) is 9.76. The zero-order chi connectivity index (χ0) is 14.9. The van der Waals surface area contributed by atoms with Gasteiger partial charge >= 0.3 is 0 Å². The van der Waals surface area contributed by atoms with Crippen LogP contribution in [0.4, 0.5) is 0 Å². The molecule has 3 N–H and O–H groups in total. The quantitative estimate of drug-likeness (QED) is 0.800. The smallest absolute Gasteiger partial charge is 0.222 e. The van der Waals surface area contributed by atoms with E-state index < -0.39 is 0 Å². The average Bonchev–Trinajstić information content (AvgIpc) is 3.03. The van der Waals surface area contributed by atoms with Crippen molar-refractivity contribution in [2.45, 2.75) is 19.5 Å². The molecule has 0 aliphatic rings. The highest BCUT2D eigenvalue weighted by atomic mass is 16.1. The molecule has 5 heteroatoms. The van der Waals surface area contributed by atoms with Gasteiger partial charge in [0, 0.05) is 37.5 Å². The van der Waals surface area contributed by atoms with Gasteiger partial charge < -0.3 is 15.6 Å². The van der Waals surface area contributed by atoms with Gasteiger partial charge in [-0.1, -0.05) is 24.0 Å². The van der Waals surface area contributed by atoms with Gasteiger partial charge in [-0.3, -0.25) is 4.79 Å². The number of hydrogen-bond acceptors (Lipinski definition) is 3. The van der Waals surface area contributed by atoms with Crippen LogP contribution in [0.15, 0.2) is 43.0 Å². The molecule has 0 aliphatic heterocycles. The number of carbonyl (C=O) groups is 1. The fourth-order valence-electron chi connectivity index (χ4n) is 1.80. The molecule has 0 fully saturated rings. The summed E-state index contributed by atoms with van der Waals surface area (Å²) in [5.41, 5.74) is 7.30. The molecule has 0 aliphatic carbocycles. The minimum Gasteiger partial charge on any atom is -0.352 e. The molecule has 108 valence electrons. The van der Waals surface area contributed by atoms with Crippen molar-refractivity contribution < 1.29 is 4.79 Å². The summed E-state index contributed by atoms with van der Waals surface area (Å²) >= 11 is 0. The lowest BCUT2D eigenvalue weighted by atomic mass is 10.1. The van der Waals surface area contributed by atoms with Crippen LogP contribution in [0.2, 0.25) is 0 Å². The number of aromatic nitrogens is 2. The van der Waals surface area contributed by atoms with Gasteiger partial charge in [0.1, 0.15) is 0 Å². The number of amides is 1. The maximum absolute atomic E-state index is 11.7. The van der Waals surface area contributed by atoms with Gasteiger partial charge in [0.15, 0.2) is 0 Å². The van der Waals surface area contributed by atoms with E-state index in [9.17, 15) is 4.79 Å². The molecule has 1 aromatic heterocycles. The Bertz CT molecular complexity index is 621. The van der Waals surface area contributed by atoms with Crippen LogP contribution in [0.1, 0.15) is 17.5 Å². The van der Waals surface area contributed by atoms with Crippen molar-refractivity contribution >= 4 is 5.91 Å². The predicted molar refractivity (Wildman–Crippen MR) is 81.1 cm³/mol. The van der Waals surface area contributed by atoms with Gasteiger partial charge in [-0.05, 0) is 17.7 Å². The topological polar surface area (TPSA) is 72.9 Å². The van der Waals surface area contributed by atoms with Crippen LogP contribution in [0.5, 0.6) is 0 Å². The highest BCUT2D eigenvalue weighted by Gasteiger charge is 2.01. The highest BCUT2D eigenvalue weighted by molar-refractivity contribution is 5.75. The maximum atomic E-state index is 11.7. The van der Waals surface area contributed by atoms with E-state index in [4.69, 9.17) is 5.73 Å². The van der Waals surface area contributed by atoms with Crippen LogP contribution < -0.4 is 11.1 Å². The molecule has 0 saturated carbocycles. The molecule has 2 aromatic rings. The molecule has 0 unspecified atom stereocenters. The van der Waals surface area contributed by atoms with Gasteiger partial charge in [-0.2, -0.15) is 0 Å². The molecule has 1 heterocycles. The van der Waals surface area contributed by atoms with Crippen LogP contribution in [0.25, 0.3) is 0 Å². The summed E-state index contributed by atoms with van der Waals surface area (Å²) in [7, 11) is 0. The number of nitrogens with zero attached hydrogens (tertiary/aromatic N) is 2. The van der Waals surface area contributed by atoms with Gasteiger partial charge in [0.05, 0.1) is 12.9 Å². The third kappa shape index (κ3) is 5.13. The van der Waals surface area contributed by atoms with E-state index >= 15 is 0 Å². The van der Waals surface area contributed by atoms with Crippen molar-refractivity contribution in [2.75, 3.05) is 6.54 Å². The number of imidazole rings is 1. The molecule has 0 spiro atoms. The van der Waals surface area contributed by atoms with Crippen molar-refractivity contribution in [2.24, 2.45) is 5.73 Å². The van der Waals surface area contributed by atoms with Crippen molar-refractivity contribution in [1.29, 1.82) is 0 Å². The van der Waals surface area contributed by atoms with Gasteiger partial charge in [-0.25, -0.2) is 4.98 Å². The van der Waals surface area contributed by atoms with E-state index in [0.29, 0.717) is 26.1 Å². The molecular weight excluding hydrogens is 264 g/mol. The number of nitrogens with two attached hydrogens (primary N) is 1. The Kier molecular flexibility index (Phi) is 5.56. The summed E-state index contributed by atoms with van der Waals surface area (Å²) in [6.07, 6.45) is 5.69. The van der Waals surface area contributed by atoms with Crippen LogP contribution in [0, 0.1) is 11.8 Å². The number of rotatable bonds is 5. The average molecular weight is 282 g/mol. The second kappa shape index (κ2) is 7.88.